The van der Waals surface area contributed by atoms with Crippen LogP contribution in [0.15, 0.2) is 6.33 Å². The maximum Gasteiger partial charge on any atom is 0.242 e. The topological polar surface area (TPSA) is 64.3 Å². The minimum absolute atomic E-state index is 0.512. The lowest BCUT2D eigenvalue weighted by Gasteiger charge is -2.36. The van der Waals surface area contributed by atoms with Gasteiger partial charge in [0.2, 0.25) is 5.88 Å². The van der Waals surface area contributed by atoms with E-state index in [4.69, 9.17) is 10.5 Å². The van der Waals surface area contributed by atoms with Crippen LogP contribution in [0.25, 0.3) is 0 Å². The van der Waals surface area contributed by atoms with E-state index in [0.717, 1.165) is 31.2 Å². The summed E-state index contributed by atoms with van der Waals surface area (Å²) in [5, 5.41) is 0. The lowest BCUT2D eigenvalue weighted by Crippen LogP contribution is -2.39. The predicted molar refractivity (Wildman–Crippen MR) is 77.4 cm³/mol. The van der Waals surface area contributed by atoms with Crippen molar-refractivity contribution in [2.45, 2.75) is 33.6 Å². The summed E-state index contributed by atoms with van der Waals surface area (Å²) < 4.78 is 5.56. The highest BCUT2D eigenvalue weighted by Crippen LogP contribution is 2.32. The Labute approximate surface area is 115 Å². The first-order valence-corrected chi connectivity index (χ1v) is 7.11. The molecule has 2 unspecified atom stereocenters. The smallest absolute Gasteiger partial charge is 0.242 e. The molecule has 0 amide bonds. The van der Waals surface area contributed by atoms with E-state index in [1.165, 1.54) is 6.42 Å². The Balaban J connectivity index is 2.16. The minimum atomic E-state index is 0.512. The Morgan fingerprint density at radius 1 is 1.37 bits per heavy atom. The number of aromatic nitrogens is 2. The summed E-state index contributed by atoms with van der Waals surface area (Å²) in [4.78, 5) is 10.7. The monoisotopic (exact) mass is 264 g/mol. The van der Waals surface area contributed by atoms with Crippen molar-refractivity contribution in [3.05, 3.63) is 6.33 Å². The molecule has 1 fully saturated rings. The van der Waals surface area contributed by atoms with Gasteiger partial charge in [-0.15, -0.1) is 0 Å². The van der Waals surface area contributed by atoms with Crippen LogP contribution in [-0.2, 0) is 0 Å². The van der Waals surface area contributed by atoms with Gasteiger partial charge in [-0.3, -0.25) is 0 Å². The van der Waals surface area contributed by atoms with Gasteiger partial charge in [0, 0.05) is 13.1 Å². The molecular weight excluding hydrogens is 240 g/mol. The first kappa shape index (κ1) is 13.9. The highest BCUT2D eigenvalue weighted by Gasteiger charge is 2.25. The van der Waals surface area contributed by atoms with Crippen LogP contribution in [0.1, 0.15) is 33.6 Å². The number of rotatable bonds is 4. The molecule has 2 rings (SSSR count). The largest absolute Gasteiger partial charge is 0.476 e. The summed E-state index contributed by atoms with van der Waals surface area (Å²) >= 11 is 0. The van der Waals surface area contributed by atoms with E-state index in [1.807, 2.05) is 0 Å². The first-order chi connectivity index (χ1) is 9.13. The molecule has 1 aromatic heterocycles. The van der Waals surface area contributed by atoms with Crippen LogP contribution in [0.4, 0.5) is 11.5 Å². The normalized spacial score (nSPS) is 23.4. The van der Waals surface area contributed by atoms with Gasteiger partial charge in [0.1, 0.15) is 12.0 Å². The zero-order valence-electron chi connectivity index (χ0n) is 12.1. The Kier molecular flexibility index (Phi) is 4.45. The van der Waals surface area contributed by atoms with Crippen LogP contribution in [0.5, 0.6) is 5.88 Å². The SMILES string of the molecule is CCCOc1ncnc(N2CCC(C)C(C)C2)c1N. The molecule has 1 aliphatic heterocycles. The van der Waals surface area contributed by atoms with Crippen molar-refractivity contribution in [1.29, 1.82) is 0 Å². The molecule has 5 heteroatoms. The number of anilines is 2. The van der Waals surface area contributed by atoms with Crippen molar-refractivity contribution in [2.75, 3.05) is 30.3 Å². The first-order valence-electron chi connectivity index (χ1n) is 7.11. The molecule has 0 bridgehead atoms. The molecule has 0 saturated carbocycles. The maximum atomic E-state index is 6.14. The Bertz CT molecular complexity index is 424. The molecular formula is C14H24N4O. The van der Waals surface area contributed by atoms with Gasteiger partial charge in [-0.25, -0.2) is 4.98 Å². The number of ether oxygens (including phenoxy) is 1. The Hall–Kier alpha value is -1.52. The molecule has 2 N–H and O–H groups in total. The van der Waals surface area contributed by atoms with E-state index in [9.17, 15) is 0 Å². The minimum Gasteiger partial charge on any atom is -0.476 e. The van der Waals surface area contributed by atoms with Crippen LogP contribution in [0.2, 0.25) is 0 Å². The third kappa shape index (κ3) is 3.08. The molecule has 0 aliphatic carbocycles. The lowest BCUT2D eigenvalue weighted by molar-refractivity contribution is 0.305. The van der Waals surface area contributed by atoms with Gasteiger partial charge in [0.05, 0.1) is 6.61 Å². The van der Waals surface area contributed by atoms with Crippen LogP contribution in [-0.4, -0.2) is 29.7 Å². The number of nitrogens with two attached hydrogens (primary N) is 1. The standard InChI is InChI=1S/C14H24N4O/c1-4-7-19-14-12(15)13(16-9-17-14)18-6-5-10(2)11(3)8-18/h9-11H,4-8,15H2,1-3H3. The van der Waals surface area contributed by atoms with Crippen LogP contribution < -0.4 is 15.4 Å². The van der Waals surface area contributed by atoms with Gasteiger partial charge < -0.3 is 15.4 Å². The molecule has 106 valence electrons. The zero-order chi connectivity index (χ0) is 13.8. The predicted octanol–water partition coefficient (Wildman–Crippen LogP) is 2.33. The Morgan fingerprint density at radius 3 is 2.84 bits per heavy atom. The summed E-state index contributed by atoms with van der Waals surface area (Å²) in [5.74, 6) is 2.75. The third-order valence-corrected chi connectivity index (χ3v) is 3.90. The van der Waals surface area contributed by atoms with Gasteiger partial charge in [0.15, 0.2) is 5.82 Å². The fourth-order valence-corrected chi connectivity index (χ4v) is 2.39. The summed E-state index contributed by atoms with van der Waals surface area (Å²) in [6, 6.07) is 0. The third-order valence-electron chi connectivity index (χ3n) is 3.90. The fraction of sp³-hybridized carbons (Fsp3) is 0.714. The molecule has 1 aromatic rings. The Morgan fingerprint density at radius 2 is 2.16 bits per heavy atom. The van der Waals surface area contributed by atoms with Crippen molar-refractivity contribution >= 4 is 11.5 Å². The summed E-state index contributed by atoms with van der Waals surface area (Å²) in [6.07, 6.45) is 3.66. The summed E-state index contributed by atoms with van der Waals surface area (Å²) in [6.45, 7) is 9.28. The van der Waals surface area contributed by atoms with E-state index >= 15 is 0 Å². The molecule has 1 aliphatic rings. The number of hydrogen-bond donors (Lipinski definition) is 1. The number of piperidine rings is 1. The van der Waals surface area contributed by atoms with Gasteiger partial charge in [-0.2, -0.15) is 4.98 Å². The van der Waals surface area contributed by atoms with Gasteiger partial charge in [-0.05, 0) is 24.7 Å². The molecule has 0 aromatic carbocycles. The average molecular weight is 264 g/mol. The van der Waals surface area contributed by atoms with Gasteiger partial charge >= 0.3 is 0 Å². The van der Waals surface area contributed by atoms with Crippen LogP contribution in [0.3, 0.4) is 0 Å². The zero-order valence-corrected chi connectivity index (χ0v) is 12.1. The average Bonchev–Trinajstić information content (AvgIpc) is 2.41. The van der Waals surface area contributed by atoms with Gasteiger partial charge in [0.25, 0.3) is 0 Å². The van der Waals surface area contributed by atoms with Crippen LogP contribution in [0, 0.1) is 11.8 Å². The number of nitrogen functional groups attached to an aromatic ring is 1. The van der Waals surface area contributed by atoms with Crippen LogP contribution >= 0.6 is 0 Å². The lowest BCUT2D eigenvalue weighted by atomic mass is 9.89. The maximum absolute atomic E-state index is 6.14. The van der Waals surface area contributed by atoms with E-state index in [1.54, 1.807) is 6.33 Å². The molecule has 0 spiro atoms. The molecule has 5 nitrogen and oxygen atoms in total. The van der Waals surface area contributed by atoms with Crippen molar-refractivity contribution in [3.8, 4) is 5.88 Å². The summed E-state index contributed by atoms with van der Waals surface area (Å²) in [5.41, 5.74) is 6.71. The number of nitrogens with zero attached hydrogens (tertiary/aromatic N) is 3. The summed E-state index contributed by atoms with van der Waals surface area (Å²) in [7, 11) is 0. The van der Waals surface area contributed by atoms with Gasteiger partial charge in [-0.1, -0.05) is 20.8 Å². The van der Waals surface area contributed by atoms with Crippen molar-refractivity contribution in [3.63, 3.8) is 0 Å². The molecule has 1 saturated heterocycles. The molecule has 2 atom stereocenters. The van der Waals surface area contributed by atoms with E-state index in [2.05, 4.69) is 35.6 Å². The fourth-order valence-electron chi connectivity index (χ4n) is 2.39. The van der Waals surface area contributed by atoms with E-state index in [0.29, 0.717) is 24.1 Å². The van der Waals surface area contributed by atoms with E-state index in [-0.39, 0.29) is 0 Å². The number of hydrogen-bond acceptors (Lipinski definition) is 5. The highest BCUT2D eigenvalue weighted by atomic mass is 16.5. The molecule has 0 radical (unpaired) electrons. The van der Waals surface area contributed by atoms with Crippen molar-refractivity contribution in [1.82, 2.24) is 9.97 Å². The highest BCUT2D eigenvalue weighted by molar-refractivity contribution is 5.67. The second-order valence-corrected chi connectivity index (χ2v) is 5.45. The molecule has 19 heavy (non-hydrogen) atoms. The quantitative estimate of drug-likeness (QED) is 0.904. The van der Waals surface area contributed by atoms with Crippen molar-refractivity contribution in [2.24, 2.45) is 11.8 Å². The second kappa shape index (κ2) is 6.08. The molecule has 2 heterocycles. The van der Waals surface area contributed by atoms with Crippen molar-refractivity contribution < 1.29 is 4.74 Å². The second-order valence-electron chi connectivity index (χ2n) is 5.45. The van der Waals surface area contributed by atoms with E-state index < -0.39 is 0 Å².